The number of piperidine rings is 1. The van der Waals surface area contributed by atoms with Crippen LogP contribution >= 0.6 is 0 Å². The van der Waals surface area contributed by atoms with Crippen LogP contribution in [0.25, 0.3) is 0 Å². The molecule has 0 spiro atoms. The normalized spacial score (nSPS) is 19.9. The number of aryl methyl sites for hydroxylation is 1. The van der Waals surface area contributed by atoms with Crippen molar-refractivity contribution in [2.75, 3.05) is 6.54 Å². The van der Waals surface area contributed by atoms with E-state index in [1.165, 1.54) is 0 Å². The van der Waals surface area contributed by atoms with E-state index in [1.54, 1.807) is 4.90 Å². The first kappa shape index (κ1) is 14.4. The summed E-state index contributed by atoms with van der Waals surface area (Å²) in [5, 5.41) is 11.9. The van der Waals surface area contributed by atoms with Gasteiger partial charge < -0.3 is 15.8 Å². The Morgan fingerprint density at radius 2 is 2.10 bits per heavy atom. The summed E-state index contributed by atoms with van der Waals surface area (Å²) in [6, 6.07) is 9.69. The first-order valence-electron chi connectivity index (χ1n) is 7.03. The summed E-state index contributed by atoms with van der Waals surface area (Å²) >= 11 is 0. The number of carbonyl (C=O) groups is 1. The Balaban J connectivity index is 1.96. The number of hydrogen-bond acceptors (Lipinski definition) is 3. The minimum absolute atomic E-state index is 0.0742. The van der Waals surface area contributed by atoms with Crippen LogP contribution in [0.15, 0.2) is 35.5 Å². The van der Waals surface area contributed by atoms with E-state index in [4.69, 9.17) is 10.9 Å². The van der Waals surface area contributed by atoms with Crippen LogP contribution in [0, 0.1) is 0 Å². The molecular formula is C15H21N3O2. The third-order valence-corrected chi connectivity index (χ3v) is 3.75. The van der Waals surface area contributed by atoms with Gasteiger partial charge in [-0.25, -0.2) is 0 Å². The van der Waals surface area contributed by atoms with Gasteiger partial charge in [0.2, 0.25) is 5.91 Å². The lowest BCUT2D eigenvalue weighted by Gasteiger charge is -2.34. The number of rotatable bonds is 4. The van der Waals surface area contributed by atoms with Gasteiger partial charge in [0.05, 0.1) is 6.04 Å². The molecule has 1 fully saturated rings. The second-order valence-corrected chi connectivity index (χ2v) is 5.11. The number of hydrogen-bond donors (Lipinski definition) is 2. The zero-order chi connectivity index (χ0) is 14.4. The summed E-state index contributed by atoms with van der Waals surface area (Å²) in [4.78, 5) is 14.1. The summed E-state index contributed by atoms with van der Waals surface area (Å²) in [6.45, 7) is 0.689. The Morgan fingerprint density at radius 3 is 2.80 bits per heavy atom. The van der Waals surface area contributed by atoms with Crippen LogP contribution in [0.5, 0.6) is 0 Å². The maximum Gasteiger partial charge on any atom is 0.223 e. The molecule has 1 amide bonds. The van der Waals surface area contributed by atoms with Gasteiger partial charge in [-0.1, -0.05) is 35.5 Å². The van der Waals surface area contributed by atoms with E-state index in [2.05, 4.69) is 5.16 Å². The highest BCUT2D eigenvalue weighted by atomic mass is 16.4. The topological polar surface area (TPSA) is 78.9 Å². The van der Waals surface area contributed by atoms with Gasteiger partial charge in [-0.2, -0.15) is 0 Å². The minimum atomic E-state index is -0.253. The fraction of sp³-hybridized carbons (Fsp3) is 0.467. The third kappa shape index (κ3) is 3.50. The Hall–Kier alpha value is -2.04. The maximum atomic E-state index is 12.3. The van der Waals surface area contributed by atoms with Crippen molar-refractivity contribution in [3.8, 4) is 0 Å². The molecule has 0 bridgehead atoms. The van der Waals surface area contributed by atoms with Gasteiger partial charge in [0.1, 0.15) is 0 Å². The number of oxime groups is 1. The zero-order valence-corrected chi connectivity index (χ0v) is 11.5. The average Bonchev–Trinajstić information content (AvgIpc) is 2.52. The molecule has 5 heteroatoms. The molecule has 1 unspecified atom stereocenters. The summed E-state index contributed by atoms with van der Waals surface area (Å²) < 4.78 is 0. The molecule has 20 heavy (non-hydrogen) atoms. The molecular weight excluding hydrogens is 254 g/mol. The highest BCUT2D eigenvalue weighted by molar-refractivity contribution is 5.90. The molecule has 1 heterocycles. The van der Waals surface area contributed by atoms with Gasteiger partial charge in [-0.3, -0.25) is 4.79 Å². The molecule has 0 saturated carbocycles. The molecule has 1 saturated heterocycles. The van der Waals surface area contributed by atoms with E-state index < -0.39 is 0 Å². The Morgan fingerprint density at radius 1 is 1.35 bits per heavy atom. The lowest BCUT2D eigenvalue weighted by atomic mass is 10.00. The summed E-state index contributed by atoms with van der Waals surface area (Å²) in [5.41, 5.74) is 6.84. The van der Waals surface area contributed by atoms with E-state index in [1.807, 2.05) is 30.3 Å². The number of carbonyl (C=O) groups excluding carboxylic acids is 1. The van der Waals surface area contributed by atoms with Gasteiger partial charge in [0, 0.05) is 13.0 Å². The highest BCUT2D eigenvalue weighted by Gasteiger charge is 2.29. The Labute approximate surface area is 119 Å². The predicted octanol–water partition coefficient (Wildman–Crippen LogP) is 1.75. The maximum absolute atomic E-state index is 12.3. The van der Waals surface area contributed by atoms with E-state index in [9.17, 15) is 4.79 Å². The molecule has 0 aromatic heterocycles. The molecule has 1 atom stereocenters. The van der Waals surface area contributed by atoms with Crippen molar-refractivity contribution in [3.05, 3.63) is 35.9 Å². The van der Waals surface area contributed by atoms with Crippen LogP contribution in [0.4, 0.5) is 0 Å². The molecule has 1 aromatic rings. The Kier molecular flexibility index (Phi) is 4.98. The molecule has 2 rings (SSSR count). The quantitative estimate of drug-likeness (QED) is 0.380. The molecule has 1 aliphatic rings. The lowest BCUT2D eigenvalue weighted by Crippen LogP contribution is -2.50. The van der Waals surface area contributed by atoms with Crippen LogP contribution in [0.3, 0.4) is 0 Å². The van der Waals surface area contributed by atoms with Crippen LogP contribution < -0.4 is 5.73 Å². The van der Waals surface area contributed by atoms with Gasteiger partial charge in [0.25, 0.3) is 0 Å². The lowest BCUT2D eigenvalue weighted by molar-refractivity contribution is -0.133. The summed E-state index contributed by atoms with van der Waals surface area (Å²) in [7, 11) is 0. The molecule has 5 nitrogen and oxygen atoms in total. The predicted molar refractivity (Wildman–Crippen MR) is 77.5 cm³/mol. The number of amidine groups is 1. The standard InChI is InChI=1S/C15H21N3O2/c16-15(17-20)13-8-4-5-11-18(13)14(19)10-9-12-6-2-1-3-7-12/h1-3,6-7,13,20H,4-5,8-11H2,(H2,16,17). The first-order chi connectivity index (χ1) is 9.72. The van der Waals surface area contributed by atoms with Crippen LogP contribution in [0.1, 0.15) is 31.2 Å². The van der Waals surface area contributed by atoms with E-state index >= 15 is 0 Å². The SMILES string of the molecule is NC(=NO)C1CCCCN1C(=O)CCc1ccccc1. The second-order valence-electron chi connectivity index (χ2n) is 5.11. The Bertz CT molecular complexity index is 473. The van der Waals surface area contributed by atoms with E-state index in [0.29, 0.717) is 13.0 Å². The van der Waals surface area contributed by atoms with Gasteiger partial charge in [0.15, 0.2) is 5.84 Å². The second kappa shape index (κ2) is 6.93. The zero-order valence-electron chi connectivity index (χ0n) is 11.5. The number of amides is 1. The monoisotopic (exact) mass is 275 g/mol. The van der Waals surface area contributed by atoms with Crippen molar-refractivity contribution >= 4 is 11.7 Å². The molecule has 108 valence electrons. The van der Waals surface area contributed by atoms with Crippen LogP contribution in [-0.2, 0) is 11.2 Å². The molecule has 3 N–H and O–H groups in total. The number of benzene rings is 1. The van der Waals surface area contributed by atoms with Crippen molar-refractivity contribution in [2.45, 2.75) is 38.1 Å². The molecule has 1 aromatic carbocycles. The van der Waals surface area contributed by atoms with E-state index in [-0.39, 0.29) is 17.8 Å². The minimum Gasteiger partial charge on any atom is -0.409 e. The van der Waals surface area contributed by atoms with Gasteiger partial charge in [-0.15, -0.1) is 0 Å². The average molecular weight is 275 g/mol. The molecule has 1 aliphatic heterocycles. The number of nitrogens with zero attached hydrogens (tertiary/aromatic N) is 2. The first-order valence-corrected chi connectivity index (χ1v) is 7.03. The smallest absolute Gasteiger partial charge is 0.223 e. The van der Waals surface area contributed by atoms with E-state index in [0.717, 1.165) is 31.2 Å². The van der Waals surface area contributed by atoms with Crippen molar-refractivity contribution < 1.29 is 10.0 Å². The number of nitrogens with two attached hydrogens (primary N) is 1. The van der Waals surface area contributed by atoms with Crippen molar-refractivity contribution in [1.82, 2.24) is 4.90 Å². The summed E-state index contributed by atoms with van der Waals surface area (Å²) in [6.07, 6.45) is 3.93. The highest BCUT2D eigenvalue weighted by Crippen LogP contribution is 2.19. The van der Waals surface area contributed by atoms with Gasteiger partial charge in [-0.05, 0) is 31.2 Å². The van der Waals surface area contributed by atoms with Crippen LogP contribution in [-0.4, -0.2) is 34.4 Å². The largest absolute Gasteiger partial charge is 0.409 e. The molecule has 0 aliphatic carbocycles. The third-order valence-electron chi connectivity index (χ3n) is 3.75. The fourth-order valence-electron chi connectivity index (χ4n) is 2.64. The number of likely N-dealkylation sites (tertiary alicyclic amines) is 1. The van der Waals surface area contributed by atoms with Crippen molar-refractivity contribution in [1.29, 1.82) is 0 Å². The van der Waals surface area contributed by atoms with Gasteiger partial charge >= 0.3 is 0 Å². The fourth-order valence-corrected chi connectivity index (χ4v) is 2.64. The van der Waals surface area contributed by atoms with Crippen molar-refractivity contribution in [3.63, 3.8) is 0 Å². The van der Waals surface area contributed by atoms with Crippen LogP contribution in [0.2, 0.25) is 0 Å². The summed E-state index contributed by atoms with van der Waals surface area (Å²) in [5.74, 6) is 0.211. The molecule has 0 radical (unpaired) electrons. The van der Waals surface area contributed by atoms with Crippen molar-refractivity contribution in [2.24, 2.45) is 10.9 Å².